The highest BCUT2D eigenvalue weighted by Crippen LogP contribution is 2.48. The lowest BCUT2D eigenvalue weighted by atomic mass is 9.92. The molecule has 23 heavy (non-hydrogen) atoms. The predicted octanol–water partition coefficient (Wildman–Crippen LogP) is 2.55. The first-order valence-corrected chi connectivity index (χ1v) is 7.55. The third-order valence-corrected chi connectivity index (χ3v) is 4.40. The zero-order valence-electron chi connectivity index (χ0n) is 12.9. The molecule has 1 aromatic heterocycles. The van der Waals surface area contributed by atoms with E-state index in [9.17, 15) is 9.59 Å². The number of amides is 1. The fourth-order valence-corrected chi connectivity index (χ4v) is 2.90. The van der Waals surface area contributed by atoms with Crippen LogP contribution in [0.5, 0.6) is 0 Å². The molecule has 0 saturated heterocycles. The standard InChI is InChI=1S/C18H18N2O3/c1-12-4-2-3-5-14(12)18(7-8-18)11-20-16(21)13-6-9-19-15(10-13)17(22)23/h2-6,9-10H,7-8,11H2,1H3,(H,20,21)(H,22,23). The van der Waals surface area contributed by atoms with Crippen LogP contribution in [0.2, 0.25) is 0 Å². The van der Waals surface area contributed by atoms with Gasteiger partial charge in [0.15, 0.2) is 0 Å². The molecule has 118 valence electrons. The minimum atomic E-state index is -1.14. The van der Waals surface area contributed by atoms with Crippen molar-refractivity contribution < 1.29 is 14.7 Å². The fraction of sp³-hybridized carbons (Fsp3) is 0.278. The number of benzene rings is 1. The number of aryl methyl sites for hydroxylation is 1. The Bertz CT molecular complexity index is 766. The van der Waals surface area contributed by atoms with Gasteiger partial charge in [0.25, 0.3) is 5.91 Å². The number of nitrogens with zero attached hydrogens (tertiary/aromatic N) is 1. The number of carboxylic acid groups (broad SMARTS) is 1. The van der Waals surface area contributed by atoms with E-state index in [0.29, 0.717) is 12.1 Å². The van der Waals surface area contributed by atoms with E-state index in [1.54, 1.807) is 0 Å². The molecule has 5 nitrogen and oxygen atoms in total. The SMILES string of the molecule is Cc1ccccc1C1(CNC(=O)c2ccnc(C(=O)O)c2)CC1. The molecule has 5 heteroatoms. The Morgan fingerprint density at radius 1 is 1.26 bits per heavy atom. The van der Waals surface area contributed by atoms with Crippen molar-refractivity contribution in [1.82, 2.24) is 10.3 Å². The number of pyridine rings is 1. The van der Waals surface area contributed by atoms with Crippen LogP contribution in [-0.4, -0.2) is 28.5 Å². The van der Waals surface area contributed by atoms with Gasteiger partial charge in [-0.25, -0.2) is 9.78 Å². The summed E-state index contributed by atoms with van der Waals surface area (Å²) < 4.78 is 0. The number of carboxylic acids is 1. The number of carbonyl (C=O) groups excluding carboxylic acids is 1. The lowest BCUT2D eigenvalue weighted by Gasteiger charge is -2.19. The number of rotatable bonds is 5. The van der Waals surface area contributed by atoms with Crippen LogP contribution in [0.3, 0.4) is 0 Å². The van der Waals surface area contributed by atoms with Gasteiger partial charge in [-0.15, -0.1) is 0 Å². The number of nitrogens with one attached hydrogen (secondary N) is 1. The van der Waals surface area contributed by atoms with Gasteiger partial charge in [0.05, 0.1) is 0 Å². The van der Waals surface area contributed by atoms with Crippen LogP contribution in [0.15, 0.2) is 42.6 Å². The van der Waals surface area contributed by atoms with Crippen LogP contribution in [0.25, 0.3) is 0 Å². The maximum absolute atomic E-state index is 12.3. The van der Waals surface area contributed by atoms with Crippen molar-refractivity contribution in [3.8, 4) is 0 Å². The zero-order valence-corrected chi connectivity index (χ0v) is 12.9. The number of hydrogen-bond donors (Lipinski definition) is 2. The highest BCUT2D eigenvalue weighted by atomic mass is 16.4. The van der Waals surface area contributed by atoms with Crippen molar-refractivity contribution in [2.24, 2.45) is 0 Å². The summed E-state index contributed by atoms with van der Waals surface area (Å²) in [6, 6.07) is 11.0. The molecule has 1 amide bonds. The second kappa shape index (κ2) is 5.83. The van der Waals surface area contributed by atoms with Crippen LogP contribution < -0.4 is 5.32 Å². The normalized spacial score (nSPS) is 15.0. The predicted molar refractivity (Wildman–Crippen MR) is 85.6 cm³/mol. The van der Waals surface area contributed by atoms with Gasteiger partial charge in [0, 0.05) is 23.7 Å². The number of hydrogen-bond acceptors (Lipinski definition) is 3. The molecule has 0 bridgehead atoms. The van der Waals surface area contributed by atoms with Crippen LogP contribution >= 0.6 is 0 Å². The first kappa shape index (κ1) is 15.2. The average molecular weight is 310 g/mol. The van der Waals surface area contributed by atoms with Crippen LogP contribution in [-0.2, 0) is 5.41 Å². The summed E-state index contributed by atoms with van der Waals surface area (Å²) in [5.41, 5.74) is 2.72. The summed E-state index contributed by atoms with van der Waals surface area (Å²) in [6.07, 6.45) is 3.44. The third-order valence-electron chi connectivity index (χ3n) is 4.40. The van der Waals surface area contributed by atoms with Crippen LogP contribution in [0, 0.1) is 6.92 Å². The molecule has 3 rings (SSSR count). The molecule has 0 unspecified atom stereocenters. The highest BCUT2D eigenvalue weighted by Gasteiger charge is 2.45. The zero-order chi connectivity index (χ0) is 16.4. The van der Waals surface area contributed by atoms with Crippen LogP contribution in [0.1, 0.15) is 44.8 Å². The molecule has 1 aromatic carbocycles. The summed E-state index contributed by atoms with van der Waals surface area (Å²) in [5, 5.41) is 11.9. The molecule has 0 atom stereocenters. The van der Waals surface area contributed by atoms with Gasteiger partial charge in [-0.1, -0.05) is 24.3 Å². The van der Waals surface area contributed by atoms with Gasteiger partial charge in [-0.3, -0.25) is 4.79 Å². The Morgan fingerprint density at radius 3 is 2.65 bits per heavy atom. The van der Waals surface area contributed by atoms with Gasteiger partial charge in [-0.05, 0) is 43.0 Å². The van der Waals surface area contributed by atoms with Gasteiger partial charge in [0.2, 0.25) is 0 Å². The lowest BCUT2D eigenvalue weighted by Crippen LogP contribution is -2.32. The van der Waals surface area contributed by atoms with Gasteiger partial charge < -0.3 is 10.4 Å². The molecule has 1 heterocycles. The van der Waals surface area contributed by atoms with E-state index in [-0.39, 0.29) is 17.0 Å². The molecule has 1 fully saturated rings. The molecule has 0 aliphatic heterocycles. The molecule has 2 aromatic rings. The van der Waals surface area contributed by atoms with E-state index in [0.717, 1.165) is 12.8 Å². The summed E-state index contributed by atoms with van der Waals surface area (Å²) in [7, 11) is 0. The summed E-state index contributed by atoms with van der Waals surface area (Å²) in [4.78, 5) is 26.9. The maximum Gasteiger partial charge on any atom is 0.354 e. The molecular weight excluding hydrogens is 292 g/mol. The Labute approximate surface area is 134 Å². The topological polar surface area (TPSA) is 79.3 Å². The average Bonchev–Trinajstić information content (AvgIpc) is 3.34. The first-order valence-electron chi connectivity index (χ1n) is 7.55. The molecule has 0 spiro atoms. The minimum Gasteiger partial charge on any atom is -0.477 e. The molecule has 1 aliphatic carbocycles. The van der Waals surface area contributed by atoms with Crippen molar-refractivity contribution in [3.05, 3.63) is 65.0 Å². The summed E-state index contributed by atoms with van der Waals surface area (Å²) >= 11 is 0. The number of aromatic nitrogens is 1. The van der Waals surface area contributed by atoms with Crippen molar-refractivity contribution in [3.63, 3.8) is 0 Å². The Kier molecular flexibility index (Phi) is 3.86. The second-order valence-corrected chi connectivity index (χ2v) is 6.01. The molecule has 2 N–H and O–H groups in total. The van der Waals surface area contributed by atoms with Gasteiger partial charge in [0.1, 0.15) is 5.69 Å². The van der Waals surface area contributed by atoms with Gasteiger partial charge in [-0.2, -0.15) is 0 Å². The van der Waals surface area contributed by atoms with Crippen molar-refractivity contribution >= 4 is 11.9 Å². The first-order chi connectivity index (χ1) is 11.0. The van der Waals surface area contributed by atoms with E-state index in [1.165, 1.54) is 29.5 Å². The minimum absolute atomic E-state index is 0.0175. The monoisotopic (exact) mass is 310 g/mol. The summed E-state index contributed by atoms with van der Waals surface area (Å²) in [5.74, 6) is -1.41. The molecule has 1 aliphatic rings. The number of aromatic carboxylic acids is 1. The largest absolute Gasteiger partial charge is 0.477 e. The van der Waals surface area contributed by atoms with Crippen LogP contribution in [0.4, 0.5) is 0 Å². The van der Waals surface area contributed by atoms with Crippen molar-refractivity contribution in [2.75, 3.05) is 6.54 Å². The van der Waals surface area contributed by atoms with Gasteiger partial charge >= 0.3 is 5.97 Å². The molecule has 0 radical (unpaired) electrons. The second-order valence-electron chi connectivity index (χ2n) is 6.01. The van der Waals surface area contributed by atoms with E-state index in [2.05, 4.69) is 29.4 Å². The highest BCUT2D eigenvalue weighted by molar-refractivity contribution is 5.96. The molecular formula is C18H18N2O3. The van der Waals surface area contributed by atoms with E-state index < -0.39 is 5.97 Å². The summed E-state index contributed by atoms with van der Waals surface area (Å²) in [6.45, 7) is 2.64. The third kappa shape index (κ3) is 3.08. The number of carbonyl (C=O) groups is 2. The molecule has 1 saturated carbocycles. The Morgan fingerprint density at radius 2 is 2.00 bits per heavy atom. The Hall–Kier alpha value is -2.69. The lowest BCUT2D eigenvalue weighted by molar-refractivity contribution is 0.0690. The van der Waals surface area contributed by atoms with Crippen molar-refractivity contribution in [1.29, 1.82) is 0 Å². The Balaban J connectivity index is 1.71. The quantitative estimate of drug-likeness (QED) is 0.889. The van der Waals surface area contributed by atoms with E-state index in [4.69, 9.17) is 5.11 Å². The van der Waals surface area contributed by atoms with E-state index in [1.807, 2.05) is 12.1 Å². The van der Waals surface area contributed by atoms with Crippen molar-refractivity contribution in [2.45, 2.75) is 25.2 Å². The van der Waals surface area contributed by atoms with E-state index >= 15 is 0 Å². The maximum atomic E-state index is 12.3. The fourth-order valence-electron chi connectivity index (χ4n) is 2.90. The smallest absolute Gasteiger partial charge is 0.354 e.